The Morgan fingerprint density at radius 1 is 0.534 bits per heavy atom. The van der Waals surface area contributed by atoms with Crippen LogP contribution in [0.15, 0.2) is 36.5 Å². The van der Waals surface area contributed by atoms with Crippen molar-refractivity contribution in [2.24, 2.45) is 0 Å². The molecule has 0 aliphatic heterocycles. The van der Waals surface area contributed by atoms with Crippen molar-refractivity contribution in [1.82, 2.24) is 0 Å². The molecule has 58 heavy (non-hydrogen) atoms. The SMILES string of the molecule is CCCCC/C=C\C/C=C\CCCCCCCCCCCCOCC(COP(=O)(O)OCC(O)CO)OC(=O)CCCCCCCCC/C=C\CCCCCCCC. The molecule has 342 valence electrons. The van der Waals surface area contributed by atoms with E-state index in [2.05, 4.69) is 50.3 Å². The van der Waals surface area contributed by atoms with E-state index in [0.717, 1.165) is 57.8 Å². The van der Waals surface area contributed by atoms with Gasteiger partial charge in [0.05, 0.1) is 26.4 Å². The number of carbonyl (C=O) groups excluding carboxylic acids is 1. The number of ether oxygens (including phenoxy) is 2. The topological polar surface area (TPSA) is 132 Å². The number of allylic oxidation sites excluding steroid dienone is 6. The van der Waals surface area contributed by atoms with E-state index in [-0.39, 0.29) is 25.6 Å². The molecule has 0 aliphatic carbocycles. The van der Waals surface area contributed by atoms with Crippen LogP contribution in [-0.4, -0.2) is 66.3 Å². The van der Waals surface area contributed by atoms with Crippen LogP contribution in [0.1, 0.15) is 219 Å². The summed E-state index contributed by atoms with van der Waals surface area (Å²) in [4.78, 5) is 22.6. The quantitative estimate of drug-likeness (QED) is 0.0237. The second-order valence-electron chi connectivity index (χ2n) is 16.1. The molecule has 3 N–H and O–H groups in total. The molecule has 0 fully saturated rings. The average Bonchev–Trinajstić information content (AvgIpc) is 3.21. The fourth-order valence-electron chi connectivity index (χ4n) is 6.62. The number of phosphoric ester groups is 1. The minimum Gasteiger partial charge on any atom is -0.457 e. The number of aliphatic hydroxyl groups excluding tert-OH is 2. The summed E-state index contributed by atoms with van der Waals surface area (Å²) in [5.41, 5.74) is 0. The summed E-state index contributed by atoms with van der Waals surface area (Å²) in [5.74, 6) is -0.386. The minimum absolute atomic E-state index is 0.0468. The molecular formula is C48H91O9P. The highest BCUT2D eigenvalue weighted by molar-refractivity contribution is 7.47. The van der Waals surface area contributed by atoms with E-state index >= 15 is 0 Å². The van der Waals surface area contributed by atoms with Gasteiger partial charge in [-0.2, -0.15) is 0 Å². The van der Waals surface area contributed by atoms with Crippen molar-refractivity contribution in [3.05, 3.63) is 36.5 Å². The van der Waals surface area contributed by atoms with E-state index in [1.54, 1.807) is 0 Å². The summed E-state index contributed by atoms with van der Waals surface area (Å²) >= 11 is 0. The average molecular weight is 843 g/mol. The van der Waals surface area contributed by atoms with Crippen LogP contribution >= 0.6 is 7.82 Å². The van der Waals surface area contributed by atoms with Crippen molar-refractivity contribution in [3.8, 4) is 0 Å². The number of hydrogen-bond acceptors (Lipinski definition) is 8. The maximum Gasteiger partial charge on any atom is 0.472 e. The van der Waals surface area contributed by atoms with Gasteiger partial charge in [0.1, 0.15) is 12.2 Å². The molecule has 0 saturated heterocycles. The van der Waals surface area contributed by atoms with Crippen molar-refractivity contribution in [3.63, 3.8) is 0 Å². The highest BCUT2D eigenvalue weighted by atomic mass is 31.2. The maximum absolute atomic E-state index is 12.6. The molecule has 0 aliphatic rings. The van der Waals surface area contributed by atoms with Gasteiger partial charge in [0, 0.05) is 13.0 Å². The van der Waals surface area contributed by atoms with Gasteiger partial charge in [0.2, 0.25) is 0 Å². The second-order valence-corrected chi connectivity index (χ2v) is 17.6. The maximum atomic E-state index is 12.6. The molecule has 3 atom stereocenters. The van der Waals surface area contributed by atoms with E-state index in [1.165, 1.54) is 141 Å². The molecule has 0 heterocycles. The molecule has 0 rings (SSSR count). The molecule has 0 spiro atoms. The van der Waals surface area contributed by atoms with Gasteiger partial charge in [-0.15, -0.1) is 0 Å². The van der Waals surface area contributed by atoms with Gasteiger partial charge in [-0.25, -0.2) is 4.57 Å². The zero-order chi connectivity index (χ0) is 42.5. The van der Waals surface area contributed by atoms with Crippen LogP contribution in [0.25, 0.3) is 0 Å². The van der Waals surface area contributed by atoms with E-state index < -0.39 is 33.2 Å². The van der Waals surface area contributed by atoms with Crippen molar-refractivity contribution in [1.29, 1.82) is 0 Å². The van der Waals surface area contributed by atoms with Gasteiger partial charge in [0.15, 0.2) is 0 Å². The molecule has 9 nitrogen and oxygen atoms in total. The molecule has 0 bridgehead atoms. The lowest BCUT2D eigenvalue weighted by Crippen LogP contribution is -2.29. The van der Waals surface area contributed by atoms with Gasteiger partial charge < -0.3 is 24.6 Å². The smallest absolute Gasteiger partial charge is 0.457 e. The number of hydrogen-bond donors (Lipinski definition) is 3. The lowest BCUT2D eigenvalue weighted by atomic mass is 10.1. The Balaban J connectivity index is 4.11. The normalized spacial score (nSPS) is 14.2. The van der Waals surface area contributed by atoms with Crippen LogP contribution in [0.5, 0.6) is 0 Å². The predicted octanol–water partition coefficient (Wildman–Crippen LogP) is 13.6. The molecule has 3 unspecified atom stereocenters. The Morgan fingerprint density at radius 2 is 0.931 bits per heavy atom. The molecule has 0 radical (unpaired) electrons. The van der Waals surface area contributed by atoms with Gasteiger partial charge in [-0.3, -0.25) is 13.8 Å². The van der Waals surface area contributed by atoms with Crippen molar-refractivity contribution >= 4 is 13.8 Å². The van der Waals surface area contributed by atoms with Crippen molar-refractivity contribution in [2.75, 3.05) is 33.0 Å². The summed E-state index contributed by atoms with van der Waals surface area (Å²) in [6.45, 7) is 3.50. The lowest BCUT2D eigenvalue weighted by molar-refractivity contribution is -0.154. The first-order valence-corrected chi connectivity index (χ1v) is 25.5. The Labute approximate surface area is 356 Å². The number of aliphatic hydroxyl groups is 2. The summed E-state index contributed by atoms with van der Waals surface area (Å²) in [7, 11) is -4.52. The summed E-state index contributed by atoms with van der Waals surface area (Å²) in [5, 5.41) is 18.4. The number of carbonyl (C=O) groups is 1. The number of phosphoric acid groups is 1. The summed E-state index contributed by atoms with van der Waals surface area (Å²) in [6, 6.07) is 0. The number of rotatable bonds is 46. The van der Waals surface area contributed by atoms with E-state index in [4.69, 9.17) is 23.6 Å². The minimum atomic E-state index is -4.52. The van der Waals surface area contributed by atoms with Crippen LogP contribution < -0.4 is 0 Å². The molecule has 10 heteroatoms. The van der Waals surface area contributed by atoms with Gasteiger partial charge in [-0.1, -0.05) is 179 Å². The highest BCUT2D eigenvalue weighted by Gasteiger charge is 2.26. The van der Waals surface area contributed by atoms with Crippen LogP contribution in [0, 0.1) is 0 Å². The third kappa shape index (κ3) is 44.2. The summed E-state index contributed by atoms with van der Waals surface area (Å²) in [6.07, 6.45) is 49.6. The van der Waals surface area contributed by atoms with Crippen LogP contribution in [0.3, 0.4) is 0 Å². The second kappa shape index (κ2) is 45.2. The molecule has 0 saturated carbocycles. The van der Waals surface area contributed by atoms with E-state index in [1.807, 2.05) is 0 Å². The number of unbranched alkanes of at least 4 members (excludes halogenated alkanes) is 26. The van der Waals surface area contributed by atoms with Crippen LogP contribution in [0.4, 0.5) is 0 Å². The monoisotopic (exact) mass is 843 g/mol. The molecule has 0 aromatic rings. The highest BCUT2D eigenvalue weighted by Crippen LogP contribution is 2.43. The van der Waals surface area contributed by atoms with Crippen LogP contribution in [-0.2, 0) is 27.9 Å². The molecule has 0 aromatic carbocycles. The van der Waals surface area contributed by atoms with E-state index in [0.29, 0.717) is 6.61 Å². The third-order valence-electron chi connectivity index (χ3n) is 10.3. The first-order valence-electron chi connectivity index (χ1n) is 24.0. The molecular weight excluding hydrogens is 751 g/mol. The van der Waals surface area contributed by atoms with Gasteiger partial charge in [-0.05, 0) is 70.6 Å². The fourth-order valence-corrected chi connectivity index (χ4v) is 7.41. The zero-order valence-electron chi connectivity index (χ0n) is 37.5. The molecule has 0 aromatic heterocycles. The standard InChI is InChI=1S/C48H91O9P/c1-3-5-7-9-11-13-15-17-19-21-22-23-25-27-29-31-33-35-37-39-41-54-44-47(45-56-58(52,53)55-43-46(50)42-49)57-48(51)40-38-36-34-32-30-28-26-24-20-18-16-14-12-10-8-6-4-2/h11,13,17-20,46-47,49-50H,3-10,12,14-16,21-45H2,1-2H3,(H,52,53)/b13-11-,19-17-,20-18-. The van der Waals surface area contributed by atoms with Gasteiger partial charge in [0.25, 0.3) is 0 Å². The Kier molecular flexibility index (Phi) is 44.2. The zero-order valence-corrected chi connectivity index (χ0v) is 38.4. The van der Waals surface area contributed by atoms with Gasteiger partial charge >= 0.3 is 13.8 Å². The summed E-state index contributed by atoms with van der Waals surface area (Å²) < 4.78 is 33.5. The fraction of sp³-hybridized carbons (Fsp3) is 0.854. The predicted molar refractivity (Wildman–Crippen MR) is 242 cm³/mol. The first kappa shape index (κ1) is 56.7. The first-order chi connectivity index (χ1) is 28.3. The van der Waals surface area contributed by atoms with E-state index in [9.17, 15) is 19.4 Å². The Hall–Kier alpha value is -1.32. The van der Waals surface area contributed by atoms with Crippen molar-refractivity contribution < 1.29 is 43.0 Å². The Morgan fingerprint density at radius 3 is 1.43 bits per heavy atom. The third-order valence-corrected chi connectivity index (χ3v) is 11.2. The number of esters is 1. The Bertz CT molecular complexity index is 1000. The largest absolute Gasteiger partial charge is 0.472 e. The van der Waals surface area contributed by atoms with Crippen LogP contribution in [0.2, 0.25) is 0 Å². The molecule has 0 amide bonds. The lowest BCUT2D eigenvalue weighted by Gasteiger charge is -2.20. The van der Waals surface area contributed by atoms with Crippen molar-refractivity contribution in [2.45, 2.75) is 232 Å².